The van der Waals surface area contributed by atoms with Gasteiger partial charge >= 0.3 is 11.9 Å². The Morgan fingerprint density at radius 3 is 1.28 bits per heavy atom. The lowest BCUT2D eigenvalue weighted by molar-refractivity contribution is -0.155. The van der Waals surface area contributed by atoms with Crippen LogP contribution in [-0.2, 0) is 9.59 Å². The molecule has 1 aliphatic carbocycles. The SMILES string of the molecule is CCCCC(C)CC.CCCCC(C)CC.O.O=C(O)C1CCCCC1C(=O)O. The first-order valence-corrected chi connectivity index (χ1v) is 11.7. The van der Waals surface area contributed by atoms with E-state index >= 15 is 0 Å². The molecule has 4 atom stereocenters. The van der Waals surface area contributed by atoms with Crippen LogP contribution in [0.5, 0.6) is 0 Å². The molecule has 0 bridgehead atoms. The van der Waals surface area contributed by atoms with Crippen LogP contribution in [0.2, 0.25) is 0 Å². The van der Waals surface area contributed by atoms with Crippen LogP contribution in [0.3, 0.4) is 0 Å². The van der Waals surface area contributed by atoms with Gasteiger partial charge in [0.25, 0.3) is 0 Å². The Morgan fingerprint density at radius 1 is 0.759 bits per heavy atom. The number of rotatable bonds is 10. The van der Waals surface area contributed by atoms with Gasteiger partial charge in [0.15, 0.2) is 0 Å². The predicted molar refractivity (Wildman–Crippen MR) is 122 cm³/mol. The molecule has 0 spiro atoms. The van der Waals surface area contributed by atoms with Gasteiger partial charge in [-0.25, -0.2) is 0 Å². The van der Waals surface area contributed by atoms with E-state index in [-0.39, 0.29) is 5.48 Å². The maximum absolute atomic E-state index is 10.6. The molecule has 0 amide bonds. The monoisotopic (exact) mass is 418 g/mol. The van der Waals surface area contributed by atoms with E-state index < -0.39 is 23.8 Å². The Hall–Kier alpha value is -1.10. The lowest BCUT2D eigenvalue weighted by atomic mass is 9.79. The summed E-state index contributed by atoms with van der Waals surface area (Å²) in [5.74, 6) is -1.37. The Bertz CT molecular complexity index is 347. The van der Waals surface area contributed by atoms with Crippen LogP contribution in [0.4, 0.5) is 0 Å². The first-order valence-electron chi connectivity index (χ1n) is 11.7. The molecular formula is C24H50O5. The highest BCUT2D eigenvalue weighted by molar-refractivity contribution is 5.80. The molecule has 1 fully saturated rings. The van der Waals surface area contributed by atoms with Crippen molar-refractivity contribution in [3.8, 4) is 0 Å². The minimum atomic E-state index is -0.970. The van der Waals surface area contributed by atoms with Gasteiger partial charge in [-0.2, -0.15) is 0 Å². The van der Waals surface area contributed by atoms with Crippen molar-refractivity contribution in [3.05, 3.63) is 0 Å². The summed E-state index contributed by atoms with van der Waals surface area (Å²) in [7, 11) is 0. The quantitative estimate of drug-likeness (QED) is 0.417. The standard InChI is InChI=1S/C8H12O4.2C8H18.H2O/c9-7(10)5-3-1-2-4-6(5)8(11)12;2*1-4-6-7-8(3)5-2;/h5-6H,1-4H2,(H,9,10)(H,11,12);2*8H,4-7H2,1-3H3;1H2. The lowest BCUT2D eigenvalue weighted by Gasteiger charge is -2.24. The van der Waals surface area contributed by atoms with Gasteiger partial charge in [0.2, 0.25) is 0 Å². The van der Waals surface area contributed by atoms with Crippen LogP contribution < -0.4 is 0 Å². The van der Waals surface area contributed by atoms with Crippen molar-refractivity contribution in [2.75, 3.05) is 0 Å². The Kier molecular flexibility index (Phi) is 24.3. The van der Waals surface area contributed by atoms with Crippen molar-refractivity contribution in [2.45, 2.75) is 119 Å². The second-order valence-corrected chi connectivity index (χ2v) is 8.49. The fraction of sp³-hybridized carbons (Fsp3) is 0.917. The third-order valence-corrected chi connectivity index (χ3v) is 5.90. The van der Waals surface area contributed by atoms with E-state index in [2.05, 4.69) is 41.5 Å². The summed E-state index contributed by atoms with van der Waals surface area (Å²) in [6.45, 7) is 13.7. The highest BCUT2D eigenvalue weighted by atomic mass is 16.4. The Labute approximate surface area is 180 Å². The van der Waals surface area contributed by atoms with Crippen molar-refractivity contribution in [1.29, 1.82) is 0 Å². The molecule has 0 aromatic rings. The molecule has 1 saturated carbocycles. The van der Waals surface area contributed by atoms with Gasteiger partial charge in [0, 0.05) is 0 Å². The molecule has 4 N–H and O–H groups in total. The van der Waals surface area contributed by atoms with E-state index in [0.717, 1.165) is 24.7 Å². The number of unbranched alkanes of at least 4 members (excludes halogenated alkanes) is 2. The summed E-state index contributed by atoms with van der Waals surface area (Å²) in [6.07, 6.45) is 13.7. The molecule has 0 heterocycles. The van der Waals surface area contributed by atoms with E-state index in [4.69, 9.17) is 10.2 Å². The summed E-state index contributed by atoms with van der Waals surface area (Å²) in [5, 5.41) is 17.4. The molecule has 1 rings (SSSR count). The summed E-state index contributed by atoms with van der Waals surface area (Å²) < 4.78 is 0. The minimum absolute atomic E-state index is 0. The van der Waals surface area contributed by atoms with Gasteiger partial charge in [-0.05, 0) is 24.7 Å². The van der Waals surface area contributed by atoms with Gasteiger partial charge in [0.05, 0.1) is 11.8 Å². The number of carboxylic acid groups (broad SMARTS) is 2. The van der Waals surface area contributed by atoms with Gasteiger partial charge in [-0.15, -0.1) is 0 Å². The van der Waals surface area contributed by atoms with Crippen LogP contribution in [0.1, 0.15) is 119 Å². The fourth-order valence-corrected chi connectivity index (χ4v) is 3.24. The lowest BCUT2D eigenvalue weighted by Crippen LogP contribution is -2.32. The number of carbonyl (C=O) groups is 2. The van der Waals surface area contributed by atoms with Crippen LogP contribution in [0.25, 0.3) is 0 Å². The summed E-state index contributed by atoms with van der Waals surface area (Å²) >= 11 is 0. The number of hydrogen-bond acceptors (Lipinski definition) is 2. The van der Waals surface area contributed by atoms with Crippen molar-refractivity contribution >= 4 is 11.9 Å². The molecule has 4 unspecified atom stereocenters. The molecule has 1 aliphatic rings. The highest BCUT2D eigenvalue weighted by Gasteiger charge is 2.35. The molecule has 0 aromatic heterocycles. The molecule has 29 heavy (non-hydrogen) atoms. The largest absolute Gasteiger partial charge is 0.481 e. The van der Waals surface area contributed by atoms with E-state index in [1.54, 1.807) is 0 Å². The zero-order chi connectivity index (χ0) is 21.9. The Balaban J connectivity index is -0.000000357. The number of aliphatic carboxylic acids is 2. The molecule has 5 heteroatoms. The maximum atomic E-state index is 10.6. The second-order valence-electron chi connectivity index (χ2n) is 8.49. The molecular weight excluding hydrogens is 368 g/mol. The smallest absolute Gasteiger partial charge is 0.307 e. The van der Waals surface area contributed by atoms with Gasteiger partial charge in [-0.3, -0.25) is 9.59 Å². The van der Waals surface area contributed by atoms with E-state index in [9.17, 15) is 9.59 Å². The van der Waals surface area contributed by atoms with Crippen LogP contribution in [0, 0.1) is 23.7 Å². The molecule has 0 radical (unpaired) electrons. The van der Waals surface area contributed by atoms with Crippen LogP contribution in [0.15, 0.2) is 0 Å². The normalized spacial score (nSPS) is 19.9. The second kappa shape index (κ2) is 21.6. The van der Waals surface area contributed by atoms with Gasteiger partial charge < -0.3 is 15.7 Å². The minimum Gasteiger partial charge on any atom is -0.481 e. The fourth-order valence-electron chi connectivity index (χ4n) is 3.24. The predicted octanol–water partition coefficient (Wildman–Crippen LogP) is 6.58. The maximum Gasteiger partial charge on any atom is 0.307 e. The molecule has 0 aliphatic heterocycles. The van der Waals surface area contributed by atoms with Crippen molar-refractivity contribution in [2.24, 2.45) is 23.7 Å². The van der Waals surface area contributed by atoms with Crippen LogP contribution in [-0.4, -0.2) is 27.6 Å². The van der Waals surface area contributed by atoms with E-state index in [1.165, 1.54) is 51.4 Å². The molecule has 176 valence electrons. The first kappa shape index (κ1) is 32.6. The zero-order valence-electron chi connectivity index (χ0n) is 20.0. The molecule has 0 aromatic carbocycles. The third-order valence-electron chi connectivity index (χ3n) is 5.90. The first-order chi connectivity index (χ1) is 13.2. The van der Waals surface area contributed by atoms with Crippen molar-refractivity contribution in [1.82, 2.24) is 0 Å². The van der Waals surface area contributed by atoms with E-state index in [0.29, 0.717) is 12.8 Å². The topological polar surface area (TPSA) is 106 Å². The zero-order valence-corrected chi connectivity index (χ0v) is 20.0. The average Bonchev–Trinajstić information content (AvgIpc) is 2.70. The van der Waals surface area contributed by atoms with Crippen molar-refractivity contribution in [3.63, 3.8) is 0 Å². The van der Waals surface area contributed by atoms with Gasteiger partial charge in [0.1, 0.15) is 0 Å². The number of hydrogen-bond donors (Lipinski definition) is 2. The van der Waals surface area contributed by atoms with Crippen molar-refractivity contribution < 1.29 is 25.3 Å². The molecule has 0 saturated heterocycles. The average molecular weight is 419 g/mol. The number of carboxylic acids is 2. The third kappa shape index (κ3) is 18.7. The molecule has 5 nitrogen and oxygen atoms in total. The summed E-state index contributed by atoms with van der Waals surface area (Å²) in [5.41, 5.74) is 0. The van der Waals surface area contributed by atoms with Gasteiger partial charge in [-0.1, -0.05) is 106 Å². The summed E-state index contributed by atoms with van der Waals surface area (Å²) in [4.78, 5) is 21.2. The Morgan fingerprint density at radius 2 is 1.07 bits per heavy atom. The highest BCUT2D eigenvalue weighted by Crippen LogP contribution is 2.30. The van der Waals surface area contributed by atoms with E-state index in [1.807, 2.05) is 0 Å². The van der Waals surface area contributed by atoms with Crippen LogP contribution >= 0.6 is 0 Å². The summed E-state index contributed by atoms with van der Waals surface area (Å²) in [6, 6.07) is 0.